The highest BCUT2D eigenvalue weighted by atomic mass is 79.9. The molecule has 4 heteroatoms. The van der Waals surface area contributed by atoms with Crippen LogP contribution in [-0.2, 0) is 11.3 Å². The number of ether oxygens (including phenoxy) is 1. The molecule has 2 aromatic rings. The molecule has 3 nitrogen and oxygen atoms in total. The molecule has 0 aliphatic heterocycles. The van der Waals surface area contributed by atoms with Crippen molar-refractivity contribution >= 4 is 21.6 Å². The molecule has 0 aliphatic carbocycles. The number of hydrogen-bond donors (Lipinski definition) is 1. The van der Waals surface area contributed by atoms with Gasteiger partial charge in [0.1, 0.15) is 6.04 Å². The van der Waals surface area contributed by atoms with E-state index in [-0.39, 0.29) is 6.04 Å². The number of rotatable bonds is 5. The van der Waals surface area contributed by atoms with Gasteiger partial charge in [-0.25, -0.2) is 0 Å². The minimum atomic E-state index is -0.374. The second-order valence-corrected chi connectivity index (χ2v) is 5.31. The molecule has 0 heterocycles. The lowest BCUT2D eigenvalue weighted by Gasteiger charge is -2.14. The maximum Gasteiger partial charge on any atom is 0.140 e. The topological polar surface area (TPSA) is 45.0 Å². The summed E-state index contributed by atoms with van der Waals surface area (Å²) in [5.41, 5.74) is 2.94. The van der Waals surface area contributed by atoms with Crippen molar-refractivity contribution < 1.29 is 4.74 Å². The molecule has 0 radical (unpaired) electrons. The molecule has 2 aromatic carbocycles. The molecule has 2 rings (SSSR count). The van der Waals surface area contributed by atoms with Crippen LogP contribution in [0.5, 0.6) is 0 Å². The van der Waals surface area contributed by atoms with Crippen molar-refractivity contribution in [1.29, 1.82) is 5.26 Å². The first-order valence-electron chi connectivity index (χ1n) is 6.22. The van der Waals surface area contributed by atoms with Crippen molar-refractivity contribution in [3.8, 4) is 6.07 Å². The zero-order valence-corrected chi connectivity index (χ0v) is 12.7. The number of anilines is 1. The van der Waals surface area contributed by atoms with Gasteiger partial charge in [-0.2, -0.15) is 5.26 Å². The summed E-state index contributed by atoms with van der Waals surface area (Å²) < 4.78 is 6.06. The second-order valence-electron chi connectivity index (χ2n) is 4.39. The van der Waals surface area contributed by atoms with E-state index in [1.165, 1.54) is 0 Å². The van der Waals surface area contributed by atoms with E-state index in [4.69, 9.17) is 4.74 Å². The number of halogens is 1. The number of nitrogens with one attached hydrogen (secondary N) is 1. The lowest BCUT2D eigenvalue weighted by molar-refractivity contribution is 0.185. The number of nitrogens with zero attached hydrogens (tertiary/aromatic N) is 1. The first-order chi connectivity index (χ1) is 9.72. The molecule has 0 saturated heterocycles. The predicted molar refractivity (Wildman–Crippen MR) is 83.3 cm³/mol. The molecule has 0 aromatic heterocycles. The van der Waals surface area contributed by atoms with Crippen molar-refractivity contribution in [3.63, 3.8) is 0 Å². The van der Waals surface area contributed by atoms with E-state index >= 15 is 0 Å². The van der Waals surface area contributed by atoms with Crippen LogP contribution in [-0.4, -0.2) is 7.11 Å². The van der Waals surface area contributed by atoms with E-state index in [9.17, 15) is 5.26 Å². The molecule has 0 bridgehead atoms. The summed E-state index contributed by atoms with van der Waals surface area (Å²) in [5.74, 6) is 0. The highest BCUT2D eigenvalue weighted by molar-refractivity contribution is 9.10. The summed E-state index contributed by atoms with van der Waals surface area (Å²) in [6.07, 6.45) is 0. The first-order valence-corrected chi connectivity index (χ1v) is 7.01. The van der Waals surface area contributed by atoms with Gasteiger partial charge in [0.15, 0.2) is 0 Å². The summed E-state index contributed by atoms with van der Waals surface area (Å²) in [6.45, 7) is 0.580. The number of nitriles is 1. The minimum Gasteiger partial charge on any atom is -0.380 e. The lowest BCUT2D eigenvalue weighted by atomic mass is 10.1. The van der Waals surface area contributed by atoms with E-state index in [2.05, 4.69) is 27.3 Å². The molecular weight excluding hydrogens is 316 g/mol. The van der Waals surface area contributed by atoms with Gasteiger partial charge in [0.25, 0.3) is 0 Å². The highest BCUT2D eigenvalue weighted by Gasteiger charge is 2.10. The summed E-state index contributed by atoms with van der Waals surface area (Å²) in [7, 11) is 1.67. The van der Waals surface area contributed by atoms with Crippen LogP contribution < -0.4 is 5.32 Å². The second kappa shape index (κ2) is 7.09. The van der Waals surface area contributed by atoms with Crippen LogP contribution >= 0.6 is 15.9 Å². The molecule has 1 N–H and O–H groups in total. The van der Waals surface area contributed by atoms with Gasteiger partial charge >= 0.3 is 0 Å². The summed E-state index contributed by atoms with van der Waals surface area (Å²) in [4.78, 5) is 0. The third-order valence-electron chi connectivity index (χ3n) is 2.89. The average Bonchev–Trinajstić information content (AvgIpc) is 2.46. The predicted octanol–water partition coefficient (Wildman–Crippen LogP) is 4.27. The third-order valence-corrected chi connectivity index (χ3v) is 3.38. The number of benzene rings is 2. The SMILES string of the molecule is COCc1ccc(C(C#N)Nc2cccc(Br)c2)cc1. The van der Waals surface area contributed by atoms with Gasteiger partial charge in [0.2, 0.25) is 0 Å². The Balaban J connectivity index is 2.14. The van der Waals surface area contributed by atoms with E-state index in [0.717, 1.165) is 21.3 Å². The molecule has 20 heavy (non-hydrogen) atoms. The summed E-state index contributed by atoms with van der Waals surface area (Å²) in [6, 6.07) is 17.5. The van der Waals surface area contributed by atoms with Gasteiger partial charge in [0.05, 0.1) is 12.7 Å². The molecule has 102 valence electrons. The maximum atomic E-state index is 9.33. The van der Waals surface area contributed by atoms with Gasteiger partial charge in [0, 0.05) is 17.3 Å². The van der Waals surface area contributed by atoms with Crippen LogP contribution in [0, 0.1) is 11.3 Å². The Kier molecular flexibility index (Phi) is 5.16. The molecule has 1 atom stereocenters. The largest absolute Gasteiger partial charge is 0.380 e. The summed E-state index contributed by atoms with van der Waals surface area (Å²) in [5, 5.41) is 12.5. The van der Waals surface area contributed by atoms with Crippen molar-refractivity contribution in [3.05, 3.63) is 64.1 Å². The number of methoxy groups -OCH3 is 1. The third kappa shape index (κ3) is 3.83. The van der Waals surface area contributed by atoms with Crippen LogP contribution in [0.25, 0.3) is 0 Å². The Morgan fingerprint density at radius 3 is 2.60 bits per heavy atom. The van der Waals surface area contributed by atoms with Crippen molar-refractivity contribution in [1.82, 2.24) is 0 Å². The van der Waals surface area contributed by atoms with Crippen LogP contribution in [0.2, 0.25) is 0 Å². The highest BCUT2D eigenvalue weighted by Crippen LogP contribution is 2.22. The number of hydrogen-bond acceptors (Lipinski definition) is 3. The molecule has 1 unspecified atom stereocenters. The van der Waals surface area contributed by atoms with E-state index in [1.807, 2.05) is 48.5 Å². The fraction of sp³-hybridized carbons (Fsp3) is 0.188. The quantitative estimate of drug-likeness (QED) is 0.890. The van der Waals surface area contributed by atoms with Crippen LogP contribution in [0.3, 0.4) is 0 Å². The monoisotopic (exact) mass is 330 g/mol. The molecule has 0 amide bonds. The van der Waals surface area contributed by atoms with E-state index in [0.29, 0.717) is 6.61 Å². The zero-order valence-electron chi connectivity index (χ0n) is 11.1. The fourth-order valence-corrected chi connectivity index (χ4v) is 2.31. The molecular formula is C16H15BrN2O. The van der Waals surface area contributed by atoms with Gasteiger partial charge in [-0.15, -0.1) is 0 Å². The average molecular weight is 331 g/mol. The van der Waals surface area contributed by atoms with Gasteiger partial charge in [-0.05, 0) is 29.3 Å². The molecule has 0 spiro atoms. The Hall–Kier alpha value is -1.83. The normalized spacial score (nSPS) is 11.7. The van der Waals surface area contributed by atoms with Gasteiger partial charge in [-0.3, -0.25) is 0 Å². The smallest absolute Gasteiger partial charge is 0.140 e. The van der Waals surface area contributed by atoms with Crippen LogP contribution in [0.4, 0.5) is 5.69 Å². The lowest BCUT2D eigenvalue weighted by Crippen LogP contribution is -2.08. The standard InChI is InChI=1S/C16H15BrN2O/c1-20-11-12-5-7-13(8-6-12)16(10-18)19-15-4-2-3-14(17)9-15/h2-9,16,19H,11H2,1H3. The first kappa shape index (κ1) is 14.6. The van der Waals surface area contributed by atoms with Crippen LogP contribution in [0.1, 0.15) is 17.2 Å². The maximum absolute atomic E-state index is 9.33. The zero-order chi connectivity index (χ0) is 14.4. The van der Waals surface area contributed by atoms with Crippen molar-refractivity contribution in [2.24, 2.45) is 0 Å². The minimum absolute atomic E-state index is 0.374. The van der Waals surface area contributed by atoms with E-state index < -0.39 is 0 Å². The van der Waals surface area contributed by atoms with Gasteiger partial charge in [-0.1, -0.05) is 46.3 Å². The Morgan fingerprint density at radius 2 is 2.00 bits per heavy atom. The molecule has 0 saturated carbocycles. The van der Waals surface area contributed by atoms with E-state index in [1.54, 1.807) is 7.11 Å². The Labute approximate surface area is 127 Å². The van der Waals surface area contributed by atoms with Crippen LogP contribution in [0.15, 0.2) is 53.0 Å². The summed E-state index contributed by atoms with van der Waals surface area (Å²) >= 11 is 3.42. The fourth-order valence-electron chi connectivity index (χ4n) is 1.91. The molecule has 0 fully saturated rings. The Bertz CT molecular complexity index is 605. The van der Waals surface area contributed by atoms with Gasteiger partial charge < -0.3 is 10.1 Å². The Morgan fingerprint density at radius 1 is 1.25 bits per heavy atom. The van der Waals surface area contributed by atoms with Crippen molar-refractivity contribution in [2.75, 3.05) is 12.4 Å². The van der Waals surface area contributed by atoms with Crippen molar-refractivity contribution in [2.45, 2.75) is 12.6 Å². The molecule has 0 aliphatic rings.